The van der Waals surface area contributed by atoms with Crippen LogP contribution < -0.4 is 9.64 Å². The van der Waals surface area contributed by atoms with Crippen LogP contribution in [0.4, 0.5) is 17.1 Å². The minimum Gasteiger partial charge on any atom is -0.423 e. The lowest BCUT2D eigenvalue weighted by Crippen LogP contribution is -2.10. The molecule has 3 nitrogen and oxygen atoms in total. The number of carbonyl (C=O) groups is 1. The summed E-state index contributed by atoms with van der Waals surface area (Å²) in [6.07, 6.45) is 0. The maximum atomic E-state index is 11.8. The summed E-state index contributed by atoms with van der Waals surface area (Å²) in [6, 6.07) is 29.3. The molecule has 0 bridgehead atoms. The average Bonchev–Trinajstić information content (AvgIpc) is 2.84. The van der Waals surface area contributed by atoms with Crippen molar-refractivity contribution in [2.75, 3.05) is 4.90 Å². The Bertz CT molecular complexity index is 1330. The van der Waals surface area contributed by atoms with E-state index < -0.39 is 5.97 Å². The number of carbonyl (C=O) groups excluding carboxylic acids is 1. The van der Waals surface area contributed by atoms with Gasteiger partial charge in [-0.3, -0.25) is 0 Å². The number of hydrogen-bond acceptors (Lipinski definition) is 3. The molecule has 0 unspecified atom stereocenters. The first-order valence-electron chi connectivity index (χ1n) is 11.8. The van der Waals surface area contributed by atoms with Gasteiger partial charge in [0.2, 0.25) is 0 Å². The van der Waals surface area contributed by atoms with E-state index in [-0.39, 0.29) is 0 Å². The van der Waals surface area contributed by atoms with E-state index >= 15 is 0 Å². The van der Waals surface area contributed by atoms with Crippen LogP contribution in [0.5, 0.6) is 5.75 Å². The van der Waals surface area contributed by atoms with Gasteiger partial charge in [-0.25, -0.2) is 4.79 Å². The summed E-state index contributed by atoms with van der Waals surface area (Å²) in [6.45, 7) is 13.8. The molecular weight excluding hydrogens is 430 g/mol. The molecular formula is C32H31NO2. The van der Waals surface area contributed by atoms with Gasteiger partial charge in [0.05, 0.1) is 0 Å². The van der Waals surface area contributed by atoms with E-state index in [2.05, 4.69) is 99.8 Å². The number of anilines is 3. The molecule has 0 aliphatic rings. The first-order chi connectivity index (χ1) is 16.7. The number of hydrogen-bond donors (Lipinski definition) is 0. The Labute approximate surface area is 208 Å². The smallest absolute Gasteiger partial charge is 0.338 e. The van der Waals surface area contributed by atoms with Crippen LogP contribution in [0, 0.1) is 27.7 Å². The molecule has 0 aromatic heterocycles. The Hall–Kier alpha value is -4.11. The predicted molar refractivity (Wildman–Crippen MR) is 146 cm³/mol. The molecule has 0 N–H and O–H groups in total. The van der Waals surface area contributed by atoms with E-state index in [1.165, 1.54) is 22.3 Å². The molecule has 176 valence electrons. The number of ether oxygens (including phenoxy) is 1. The lowest BCUT2D eigenvalue weighted by molar-refractivity contribution is -0.130. The Morgan fingerprint density at radius 3 is 1.49 bits per heavy atom. The molecule has 0 radical (unpaired) electrons. The van der Waals surface area contributed by atoms with Crippen molar-refractivity contribution in [3.8, 4) is 16.9 Å². The van der Waals surface area contributed by atoms with Crippen LogP contribution in [0.25, 0.3) is 11.1 Å². The fraction of sp³-hybridized carbons (Fsp3) is 0.156. The van der Waals surface area contributed by atoms with Gasteiger partial charge in [-0.15, -0.1) is 0 Å². The van der Waals surface area contributed by atoms with Crippen molar-refractivity contribution in [3.05, 3.63) is 119 Å². The Kier molecular flexibility index (Phi) is 6.88. The molecule has 35 heavy (non-hydrogen) atoms. The van der Waals surface area contributed by atoms with Crippen molar-refractivity contribution < 1.29 is 9.53 Å². The van der Waals surface area contributed by atoms with E-state index in [1.54, 1.807) is 19.1 Å². The third-order valence-electron chi connectivity index (χ3n) is 6.37. The Morgan fingerprint density at radius 1 is 0.629 bits per heavy atom. The minimum absolute atomic E-state index is 0.377. The Morgan fingerprint density at radius 2 is 1.06 bits per heavy atom. The molecule has 4 rings (SSSR count). The van der Waals surface area contributed by atoms with Crippen LogP contribution in [-0.2, 0) is 4.79 Å². The van der Waals surface area contributed by atoms with E-state index in [9.17, 15) is 4.79 Å². The third-order valence-corrected chi connectivity index (χ3v) is 6.37. The van der Waals surface area contributed by atoms with Crippen LogP contribution in [0.15, 0.2) is 97.1 Å². The molecule has 4 aromatic carbocycles. The molecule has 4 aromatic rings. The summed E-state index contributed by atoms with van der Waals surface area (Å²) in [7, 11) is 0. The van der Waals surface area contributed by atoms with Gasteiger partial charge >= 0.3 is 5.97 Å². The van der Waals surface area contributed by atoms with Crippen molar-refractivity contribution in [2.45, 2.75) is 34.6 Å². The second kappa shape index (κ2) is 10.0. The number of nitrogens with zero attached hydrogens (tertiary/aromatic N) is 1. The predicted octanol–water partition coefficient (Wildman–Crippen LogP) is 8.54. The molecule has 0 amide bonds. The van der Waals surface area contributed by atoms with Gasteiger partial charge in [0.25, 0.3) is 0 Å². The normalized spacial score (nSPS) is 10.7. The number of benzene rings is 4. The van der Waals surface area contributed by atoms with Crippen LogP contribution >= 0.6 is 0 Å². The monoisotopic (exact) mass is 461 g/mol. The zero-order valence-electron chi connectivity index (χ0n) is 21.1. The summed E-state index contributed by atoms with van der Waals surface area (Å²) in [5.41, 5.74) is 11.0. The van der Waals surface area contributed by atoms with E-state index in [0.29, 0.717) is 11.3 Å². The van der Waals surface area contributed by atoms with E-state index in [4.69, 9.17) is 4.74 Å². The topological polar surface area (TPSA) is 29.5 Å². The lowest BCUT2D eigenvalue weighted by Gasteiger charge is -2.27. The zero-order valence-corrected chi connectivity index (χ0v) is 21.1. The van der Waals surface area contributed by atoms with Gasteiger partial charge < -0.3 is 9.64 Å². The first-order valence-corrected chi connectivity index (χ1v) is 11.8. The Balaban J connectivity index is 1.67. The summed E-state index contributed by atoms with van der Waals surface area (Å²) >= 11 is 0. The molecule has 3 heteroatoms. The van der Waals surface area contributed by atoms with Gasteiger partial charge in [0.1, 0.15) is 5.75 Å². The zero-order chi connectivity index (χ0) is 25.1. The molecule has 0 saturated heterocycles. The quantitative estimate of drug-likeness (QED) is 0.164. The van der Waals surface area contributed by atoms with Crippen molar-refractivity contribution in [3.63, 3.8) is 0 Å². The molecule has 0 aliphatic carbocycles. The molecule has 0 heterocycles. The molecule has 0 aliphatic heterocycles. The van der Waals surface area contributed by atoms with Crippen molar-refractivity contribution >= 4 is 23.0 Å². The second-order valence-electron chi connectivity index (χ2n) is 9.11. The summed E-state index contributed by atoms with van der Waals surface area (Å²) in [5.74, 6) is 0.0916. The van der Waals surface area contributed by atoms with Gasteiger partial charge in [0.15, 0.2) is 0 Å². The van der Waals surface area contributed by atoms with Gasteiger partial charge in [-0.05, 0) is 117 Å². The highest BCUT2D eigenvalue weighted by molar-refractivity contribution is 5.88. The average molecular weight is 462 g/mol. The fourth-order valence-electron chi connectivity index (χ4n) is 3.89. The van der Waals surface area contributed by atoms with Crippen LogP contribution in [0.1, 0.15) is 29.2 Å². The van der Waals surface area contributed by atoms with Gasteiger partial charge in [-0.2, -0.15) is 0 Å². The second-order valence-corrected chi connectivity index (χ2v) is 9.11. The highest BCUT2D eigenvalue weighted by Gasteiger charge is 2.14. The summed E-state index contributed by atoms with van der Waals surface area (Å²) in [4.78, 5) is 14.0. The van der Waals surface area contributed by atoms with E-state index in [1.807, 2.05) is 12.1 Å². The summed E-state index contributed by atoms with van der Waals surface area (Å²) < 4.78 is 5.31. The highest BCUT2D eigenvalue weighted by atomic mass is 16.5. The number of aryl methyl sites for hydroxylation is 4. The fourth-order valence-corrected chi connectivity index (χ4v) is 3.89. The SMILES string of the molecule is C=C(C)C(=O)Oc1ccc(-c2ccc(N(c3ccc(C)c(C)c3)c3ccc(C)c(C)c3)cc2)cc1. The maximum absolute atomic E-state index is 11.8. The van der Waals surface area contributed by atoms with Crippen LogP contribution in [-0.4, -0.2) is 5.97 Å². The minimum atomic E-state index is -0.417. The van der Waals surface area contributed by atoms with Crippen molar-refractivity contribution in [2.24, 2.45) is 0 Å². The lowest BCUT2D eigenvalue weighted by atomic mass is 10.0. The molecule has 0 spiro atoms. The summed E-state index contributed by atoms with van der Waals surface area (Å²) in [5, 5.41) is 0. The van der Waals surface area contributed by atoms with Crippen LogP contribution in [0.3, 0.4) is 0 Å². The van der Waals surface area contributed by atoms with E-state index in [0.717, 1.165) is 28.2 Å². The van der Waals surface area contributed by atoms with Crippen LogP contribution in [0.2, 0.25) is 0 Å². The number of rotatable bonds is 6. The van der Waals surface area contributed by atoms with Gasteiger partial charge in [0, 0.05) is 22.6 Å². The third kappa shape index (κ3) is 5.36. The largest absolute Gasteiger partial charge is 0.423 e. The molecule has 0 fully saturated rings. The highest BCUT2D eigenvalue weighted by Crippen LogP contribution is 2.37. The molecule has 0 saturated carbocycles. The van der Waals surface area contributed by atoms with Crippen molar-refractivity contribution in [1.29, 1.82) is 0 Å². The first kappa shape index (κ1) is 24.0. The van der Waals surface area contributed by atoms with Crippen molar-refractivity contribution in [1.82, 2.24) is 0 Å². The number of esters is 1. The van der Waals surface area contributed by atoms with Gasteiger partial charge in [-0.1, -0.05) is 43.0 Å². The standard InChI is InChI=1S/C32H31NO2/c1-21(2)32(34)35-31-17-11-27(12-18-31)26-9-15-28(16-10-26)33(29-13-7-22(3)24(5)19-29)30-14-8-23(4)25(6)20-30/h7-20H,1H2,2-6H3. The molecule has 0 atom stereocenters. The maximum Gasteiger partial charge on any atom is 0.338 e.